The van der Waals surface area contributed by atoms with Gasteiger partial charge in [0.1, 0.15) is 11.5 Å². The Labute approximate surface area is 148 Å². The van der Waals surface area contributed by atoms with Gasteiger partial charge in [0.05, 0.1) is 5.56 Å². The number of ketones is 1. The van der Waals surface area contributed by atoms with E-state index in [2.05, 4.69) is 0 Å². The minimum atomic E-state index is -0.506. The predicted molar refractivity (Wildman–Crippen MR) is 93.0 cm³/mol. The molecule has 0 aliphatic carbocycles. The summed E-state index contributed by atoms with van der Waals surface area (Å²) in [6.45, 7) is 2.57. The lowest BCUT2D eigenvalue weighted by Crippen LogP contribution is -2.24. The quantitative estimate of drug-likeness (QED) is 0.476. The molecule has 2 aromatic rings. The van der Waals surface area contributed by atoms with Crippen molar-refractivity contribution < 1.29 is 23.8 Å². The third kappa shape index (κ3) is 3.10. The summed E-state index contributed by atoms with van der Waals surface area (Å²) in [6, 6.07) is 6.79. The SMILES string of the molecule is Cc1ccsc1/C=C1\Oc2cc(OC(=O)C3CCCO3)ccc2C1=O. The van der Waals surface area contributed by atoms with E-state index in [1.54, 1.807) is 35.6 Å². The maximum Gasteiger partial charge on any atom is 0.340 e. The Balaban J connectivity index is 1.54. The third-order valence-electron chi connectivity index (χ3n) is 4.22. The van der Waals surface area contributed by atoms with Crippen LogP contribution in [0.5, 0.6) is 11.5 Å². The van der Waals surface area contributed by atoms with Crippen molar-refractivity contribution in [2.75, 3.05) is 6.61 Å². The van der Waals surface area contributed by atoms with Gasteiger partial charge in [-0.15, -0.1) is 11.3 Å². The highest BCUT2D eigenvalue weighted by atomic mass is 32.1. The number of rotatable bonds is 3. The smallest absolute Gasteiger partial charge is 0.340 e. The molecule has 3 heterocycles. The van der Waals surface area contributed by atoms with Gasteiger partial charge in [0.2, 0.25) is 5.78 Å². The zero-order valence-corrected chi connectivity index (χ0v) is 14.4. The van der Waals surface area contributed by atoms with Crippen LogP contribution in [0.2, 0.25) is 0 Å². The maximum atomic E-state index is 12.5. The van der Waals surface area contributed by atoms with Crippen LogP contribution in [0.1, 0.15) is 33.6 Å². The largest absolute Gasteiger partial charge is 0.452 e. The van der Waals surface area contributed by atoms with E-state index in [9.17, 15) is 9.59 Å². The van der Waals surface area contributed by atoms with E-state index in [1.807, 2.05) is 18.4 Å². The van der Waals surface area contributed by atoms with Gasteiger partial charge in [0, 0.05) is 23.6 Å². The molecule has 5 nitrogen and oxygen atoms in total. The molecular formula is C19H16O5S. The number of aryl methyl sites for hydroxylation is 1. The first kappa shape index (κ1) is 16.1. The molecule has 0 bridgehead atoms. The summed E-state index contributed by atoms with van der Waals surface area (Å²) >= 11 is 1.55. The summed E-state index contributed by atoms with van der Waals surface area (Å²) in [5.41, 5.74) is 1.56. The van der Waals surface area contributed by atoms with Crippen LogP contribution < -0.4 is 9.47 Å². The molecule has 0 saturated carbocycles. The Bertz CT molecular complexity index is 874. The number of thiophene rings is 1. The Morgan fingerprint density at radius 2 is 2.24 bits per heavy atom. The van der Waals surface area contributed by atoms with Crippen molar-refractivity contribution in [2.45, 2.75) is 25.9 Å². The van der Waals surface area contributed by atoms with Crippen LogP contribution in [-0.4, -0.2) is 24.5 Å². The topological polar surface area (TPSA) is 61.8 Å². The number of Topliss-reactive ketones (excluding diaryl/α,β-unsaturated/α-hetero) is 1. The summed E-state index contributed by atoms with van der Waals surface area (Å²) in [4.78, 5) is 25.5. The van der Waals surface area contributed by atoms with E-state index >= 15 is 0 Å². The molecule has 1 aromatic heterocycles. The molecule has 128 valence electrons. The molecule has 1 saturated heterocycles. The summed E-state index contributed by atoms with van der Waals surface area (Å²) in [7, 11) is 0. The van der Waals surface area contributed by atoms with Crippen LogP contribution in [0.25, 0.3) is 6.08 Å². The van der Waals surface area contributed by atoms with Gasteiger partial charge in [-0.2, -0.15) is 0 Å². The minimum Gasteiger partial charge on any atom is -0.452 e. The van der Waals surface area contributed by atoms with E-state index in [1.165, 1.54) is 0 Å². The molecule has 2 aliphatic heterocycles. The second kappa shape index (κ2) is 6.46. The van der Waals surface area contributed by atoms with Crippen molar-refractivity contribution in [3.05, 3.63) is 51.4 Å². The number of ether oxygens (including phenoxy) is 3. The molecule has 0 radical (unpaired) electrons. The lowest BCUT2D eigenvalue weighted by atomic mass is 10.1. The summed E-state index contributed by atoms with van der Waals surface area (Å²) in [6.07, 6.45) is 2.78. The normalized spacial score (nSPS) is 20.6. The number of fused-ring (bicyclic) bond motifs is 1. The molecule has 25 heavy (non-hydrogen) atoms. The van der Waals surface area contributed by atoms with Crippen molar-refractivity contribution in [1.82, 2.24) is 0 Å². The van der Waals surface area contributed by atoms with E-state index in [-0.39, 0.29) is 11.5 Å². The average Bonchev–Trinajstić information content (AvgIpc) is 3.31. The fraction of sp³-hybridized carbons (Fsp3) is 0.263. The third-order valence-corrected chi connectivity index (χ3v) is 5.18. The van der Waals surface area contributed by atoms with E-state index in [4.69, 9.17) is 14.2 Å². The predicted octanol–water partition coefficient (Wildman–Crippen LogP) is 3.76. The molecule has 1 unspecified atom stereocenters. The van der Waals surface area contributed by atoms with Gasteiger partial charge in [-0.3, -0.25) is 4.79 Å². The van der Waals surface area contributed by atoms with Crippen LogP contribution in [0.15, 0.2) is 35.4 Å². The van der Waals surface area contributed by atoms with Gasteiger partial charge < -0.3 is 14.2 Å². The second-order valence-corrected chi connectivity index (χ2v) is 6.94. The van der Waals surface area contributed by atoms with Gasteiger partial charge >= 0.3 is 5.97 Å². The fourth-order valence-corrected chi connectivity index (χ4v) is 3.68. The first-order valence-corrected chi connectivity index (χ1v) is 8.95. The molecule has 0 amide bonds. The second-order valence-electron chi connectivity index (χ2n) is 5.99. The van der Waals surface area contributed by atoms with Gasteiger partial charge in [-0.05, 0) is 48.9 Å². The lowest BCUT2D eigenvalue weighted by Gasteiger charge is -2.09. The molecule has 6 heteroatoms. The number of hydrogen-bond donors (Lipinski definition) is 0. The minimum absolute atomic E-state index is 0.167. The Morgan fingerprint density at radius 3 is 2.96 bits per heavy atom. The van der Waals surface area contributed by atoms with Crippen molar-refractivity contribution in [1.29, 1.82) is 0 Å². The molecule has 4 rings (SSSR count). The molecule has 0 N–H and O–H groups in total. The first-order chi connectivity index (χ1) is 12.1. The molecule has 0 spiro atoms. The fourth-order valence-electron chi connectivity index (χ4n) is 2.83. The summed E-state index contributed by atoms with van der Waals surface area (Å²) < 4.78 is 16.4. The van der Waals surface area contributed by atoms with Gasteiger partial charge in [-0.25, -0.2) is 4.79 Å². The zero-order chi connectivity index (χ0) is 17.4. The highest BCUT2D eigenvalue weighted by Gasteiger charge is 2.30. The summed E-state index contributed by atoms with van der Waals surface area (Å²) in [5.74, 6) is 0.457. The van der Waals surface area contributed by atoms with E-state index in [0.29, 0.717) is 30.1 Å². The molecule has 1 fully saturated rings. The number of carbonyl (C=O) groups is 2. The number of benzene rings is 1. The number of hydrogen-bond acceptors (Lipinski definition) is 6. The van der Waals surface area contributed by atoms with Crippen LogP contribution in [0.3, 0.4) is 0 Å². The van der Waals surface area contributed by atoms with Gasteiger partial charge in [0.25, 0.3) is 0 Å². The van der Waals surface area contributed by atoms with Crippen molar-refractivity contribution in [2.24, 2.45) is 0 Å². The number of esters is 1. The van der Waals surface area contributed by atoms with E-state index < -0.39 is 12.1 Å². The Morgan fingerprint density at radius 1 is 1.36 bits per heavy atom. The standard InChI is InChI=1S/C19H16O5S/c1-11-6-8-25-17(11)10-16-18(20)13-5-4-12(9-15(13)24-16)23-19(21)14-3-2-7-22-14/h4-6,8-10,14H,2-3,7H2,1H3/b16-10-. The van der Waals surface area contributed by atoms with Crippen LogP contribution >= 0.6 is 11.3 Å². The number of allylic oxidation sites excluding steroid dienone is 1. The highest BCUT2D eigenvalue weighted by Crippen LogP contribution is 2.35. The monoisotopic (exact) mass is 356 g/mol. The van der Waals surface area contributed by atoms with Crippen molar-refractivity contribution >= 4 is 29.2 Å². The van der Waals surface area contributed by atoms with Crippen LogP contribution in [0, 0.1) is 6.92 Å². The lowest BCUT2D eigenvalue weighted by molar-refractivity contribution is -0.144. The Kier molecular flexibility index (Phi) is 4.15. The Hall–Kier alpha value is -2.44. The zero-order valence-electron chi connectivity index (χ0n) is 13.6. The van der Waals surface area contributed by atoms with Crippen LogP contribution in [0.4, 0.5) is 0 Å². The molecule has 2 aliphatic rings. The highest BCUT2D eigenvalue weighted by molar-refractivity contribution is 7.11. The molecule has 1 aromatic carbocycles. The van der Waals surface area contributed by atoms with Crippen molar-refractivity contribution in [3.63, 3.8) is 0 Å². The first-order valence-electron chi connectivity index (χ1n) is 8.07. The molecule has 1 atom stereocenters. The average molecular weight is 356 g/mol. The van der Waals surface area contributed by atoms with Crippen molar-refractivity contribution in [3.8, 4) is 11.5 Å². The van der Waals surface area contributed by atoms with Gasteiger partial charge in [-0.1, -0.05) is 0 Å². The van der Waals surface area contributed by atoms with Gasteiger partial charge in [0.15, 0.2) is 11.9 Å². The maximum absolute atomic E-state index is 12.5. The number of carbonyl (C=O) groups excluding carboxylic acids is 2. The summed E-state index contributed by atoms with van der Waals surface area (Å²) in [5, 5.41) is 1.97. The molecular weight excluding hydrogens is 340 g/mol. The van der Waals surface area contributed by atoms with E-state index in [0.717, 1.165) is 16.9 Å². The van der Waals surface area contributed by atoms with Crippen LogP contribution in [-0.2, 0) is 9.53 Å².